The van der Waals surface area contributed by atoms with Crippen LogP contribution in [-0.4, -0.2) is 42.6 Å². The lowest BCUT2D eigenvalue weighted by Gasteiger charge is -2.37. The van der Waals surface area contributed by atoms with Crippen molar-refractivity contribution in [2.75, 3.05) is 19.7 Å². The fraction of sp³-hybridized carbons (Fsp3) is 0.929. The van der Waals surface area contributed by atoms with Crippen LogP contribution in [0.2, 0.25) is 0 Å². The van der Waals surface area contributed by atoms with E-state index < -0.39 is 0 Å². The maximum atomic E-state index is 12.4. The van der Waals surface area contributed by atoms with Gasteiger partial charge in [0.05, 0.1) is 12.5 Å². The maximum absolute atomic E-state index is 12.4. The third-order valence-corrected chi connectivity index (χ3v) is 4.12. The fourth-order valence-electron chi connectivity index (χ4n) is 3.10. The van der Waals surface area contributed by atoms with Crippen molar-refractivity contribution in [1.82, 2.24) is 4.90 Å². The van der Waals surface area contributed by atoms with Gasteiger partial charge in [-0.05, 0) is 51.5 Å². The van der Waals surface area contributed by atoms with Gasteiger partial charge in [-0.15, -0.1) is 12.4 Å². The number of nitrogens with zero attached hydrogens (tertiary/aromatic N) is 1. The standard InChI is InChI=1S/C14H26N2O2.ClH/c15-8-7-12-5-1-3-9-16(12)14(17)11-13-6-2-4-10-18-13;/h12-13H,1-11,15H2;1H. The molecule has 2 heterocycles. The van der Waals surface area contributed by atoms with Gasteiger partial charge in [-0.25, -0.2) is 0 Å². The Kier molecular flexibility index (Phi) is 7.73. The van der Waals surface area contributed by atoms with Gasteiger partial charge in [-0.1, -0.05) is 0 Å². The normalized spacial score (nSPS) is 27.7. The predicted molar refractivity (Wildman–Crippen MR) is 78.5 cm³/mol. The molecule has 0 aromatic carbocycles. The van der Waals surface area contributed by atoms with Crippen molar-refractivity contribution in [3.8, 4) is 0 Å². The van der Waals surface area contributed by atoms with Crippen LogP contribution in [0.4, 0.5) is 0 Å². The minimum atomic E-state index is 0. The average Bonchev–Trinajstić information content (AvgIpc) is 2.41. The van der Waals surface area contributed by atoms with Crippen LogP contribution in [0, 0.1) is 0 Å². The lowest BCUT2D eigenvalue weighted by Crippen LogP contribution is -2.45. The summed E-state index contributed by atoms with van der Waals surface area (Å²) in [5.41, 5.74) is 5.64. The number of nitrogens with two attached hydrogens (primary N) is 1. The molecular formula is C14H27ClN2O2. The molecule has 0 aromatic heterocycles. The van der Waals surface area contributed by atoms with Crippen LogP contribution in [0.5, 0.6) is 0 Å². The summed E-state index contributed by atoms with van der Waals surface area (Å²) >= 11 is 0. The van der Waals surface area contributed by atoms with Gasteiger partial charge in [0.2, 0.25) is 5.91 Å². The van der Waals surface area contributed by atoms with E-state index in [2.05, 4.69) is 4.90 Å². The summed E-state index contributed by atoms with van der Waals surface area (Å²) < 4.78 is 5.66. The molecule has 0 saturated carbocycles. The molecule has 0 aliphatic carbocycles. The first-order valence-corrected chi connectivity index (χ1v) is 7.42. The highest BCUT2D eigenvalue weighted by molar-refractivity contribution is 5.85. The van der Waals surface area contributed by atoms with E-state index in [1.54, 1.807) is 0 Å². The van der Waals surface area contributed by atoms with Crippen molar-refractivity contribution in [2.45, 2.75) is 63.5 Å². The summed E-state index contributed by atoms with van der Waals surface area (Å²) in [4.78, 5) is 14.4. The Balaban J connectivity index is 0.00000180. The number of halogens is 1. The van der Waals surface area contributed by atoms with Gasteiger partial charge < -0.3 is 15.4 Å². The van der Waals surface area contributed by atoms with Gasteiger partial charge in [0.25, 0.3) is 0 Å². The van der Waals surface area contributed by atoms with Crippen LogP contribution >= 0.6 is 12.4 Å². The molecule has 112 valence electrons. The van der Waals surface area contributed by atoms with E-state index in [-0.39, 0.29) is 24.4 Å². The molecule has 0 radical (unpaired) electrons. The molecule has 19 heavy (non-hydrogen) atoms. The van der Waals surface area contributed by atoms with Crippen molar-refractivity contribution < 1.29 is 9.53 Å². The number of ether oxygens (including phenoxy) is 1. The highest BCUT2D eigenvalue weighted by Gasteiger charge is 2.28. The third-order valence-electron chi connectivity index (χ3n) is 4.12. The molecule has 1 amide bonds. The number of hydrogen-bond acceptors (Lipinski definition) is 3. The van der Waals surface area contributed by atoms with Gasteiger partial charge >= 0.3 is 0 Å². The second kappa shape index (κ2) is 8.77. The first-order chi connectivity index (χ1) is 8.81. The van der Waals surface area contributed by atoms with Gasteiger partial charge in [-0.3, -0.25) is 4.79 Å². The Morgan fingerprint density at radius 1 is 1.21 bits per heavy atom. The van der Waals surface area contributed by atoms with Crippen LogP contribution in [0.3, 0.4) is 0 Å². The molecule has 2 aliphatic heterocycles. The molecule has 5 heteroatoms. The van der Waals surface area contributed by atoms with Crippen LogP contribution in [0.1, 0.15) is 51.4 Å². The molecule has 2 saturated heterocycles. The molecule has 2 atom stereocenters. The van der Waals surface area contributed by atoms with E-state index in [1.165, 1.54) is 12.8 Å². The van der Waals surface area contributed by atoms with Crippen LogP contribution < -0.4 is 5.73 Å². The summed E-state index contributed by atoms with van der Waals surface area (Å²) in [6.07, 6.45) is 8.54. The molecule has 0 spiro atoms. The monoisotopic (exact) mass is 290 g/mol. The molecule has 2 rings (SSSR count). The second-order valence-electron chi connectivity index (χ2n) is 5.51. The van der Waals surface area contributed by atoms with E-state index in [0.29, 0.717) is 19.0 Å². The summed E-state index contributed by atoms with van der Waals surface area (Å²) in [5.74, 6) is 0.278. The fourth-order valence-corrected chi connectivity index (χ4v) is 3.10. The number of carbonyl (C=O) groups is 1. The lowest BCUT2D eigenvalue weighted by atomic mass is 9.97. The molecule has 0 aromatic rings. The van der Waals surface area contributed by atoms with Crippen molar-refractivity contribution in [1.29, 1.82) is 0 Å². The minimum Gasteiger partial charge on any atom is -0.378 e. The van der Waals surface area contributed by atoms with Crippen molar-refractivity contribution in [2.24, 2.45) is 5.73 Å². The maximum Gasteiger partial charge on any atom is 0.225 e. The number of carbonyl (C=O) groups excluding carboxylic acids is 1. The zero-order valence-electron chi connectivity index (χ0n) is 11.7. The van der Waals surface area contributed by atoms with Crippen molar-refractivity contribution in [3.05, 3.63) is 0 Å². The second-order valence-corrected chi connectivity index (χ2v) is 5.51. The molecule has 2 aliphatic rings. The van der Waals surface area contributed by atoms with Crippen LogP contribution in [0.15, 0.2) is 0 Å². The summed E-state index contributed by atoms with van der Waals surface area (Å²) in [6, 6.07) is 0.375. The average molecular weight is 291 g/mol. The van der Waals surface area contributed by atoms with Crippen molar-refractivity contribution >= 4 is 18.3 Å². The minimum absolute atomic E-state index is 0. The first-order valence-electron chi connectivity index (χ1n) is 7.42. The summed E-state index contributed by atoms with van der Waals surface area (Å²) in [5, 5.41) is 0. The van der Waals surface area contributed by atoms with Crippen LogP contribution in [-0.2, 0) is 9.53 Å². The summed E-state index contributed by atoms with van der Waals surface area (Å²) in [7, 11) is 0. The largest absolute Gasteiger partial charge is 0.378 e. The van der Waals surface area contributed by atoms with E-state index in [1.807, 2.05) is 0 Å². The highest BCUT2D eigenvalue weighted by Crippen LogP contribution is 2.22. The van der Waals surface area contributed by atoms with E-state index in [9.17, 15) is 4.79 Å². The van der Waals surface area contributed by atoms with Gasteiger partial charge in [0, 0.05) is 19.2 Å². The smallest absolute Gasteiger partial charge is 0.225 e. The lowest BCUT2D eigenvalue weighted by molar-refractivity contribution is -0.138. The molecular weight excluding hydrogens is 264 g/mol. The van der Waals surface area contributed by atoms with E-state index >= 15 is 0 Å². The Hall–Kier alpha value is -0.320. The quantitative estimate of drug-likeness (QED) is 0.863. The Labute approximate surface area is 122 Å². The third kappa shape index (κ3) is 4.93. The Bertz CT molecular complexity index is 268. The number of piperidine rings is 1. The van der Waals surface area contributed by atoms with Gasteiger partial charge in [0.1, 0.15) is 0 Å². The summed E-state index contributed by atoms with van der Waals surface area (Å²) in [6.45, 7) is 2.41. The van der Waals surface area contributed by atoms with Gasteiger partial charge in [-0.2, -0.15) is 0 Å². The highest BCUT2D eigenvalue weighted by atomic mass is 35.5. The SMILES string of the molecule is Cl.NCCC1CCCCN1C(=O)CC1CCCCO1. The molecule has 2 fully saturated rings. The molecule has 0 bridgehead atoms. The molecule has 2 N–H and O–H groups in total. The Morgan fingerprint density at radius 2 is 2.00 bits per heavy atom. The Morgan fingerprint density at radius 3 is 2.68 bits per heavy atom. The van der Waals surface area contributed by atoms with E-state index in [0.717, 1.165) is 45.3 Å². The van der Waals surface area contributed by atoms with Crippen molar-refractivity contribution in [3.63, 3.8) is 0 Å². The number of amides is 1. The number of hydrogen-bond donors (Lipinski definition) is 1. The molecule has 4 nitrogen and oxygen atoms in total. The molecule has 2 unspecified atom stereocenters. The van der Waals surface area contributed by atoms with Crippen LogP contribution in [0.25, 0.3) is 0 Å². The number of likely N-dealkylation sites (tertiary alicyclic amines) is 1. The first kappa shape index (κ1) is 16.7. The predicted octanol–water partition coefficient (Wildman–Crippen LogP) is 2.10. The zero-order chi connectivity index (χ0) is 12.8. The topological polar surface area (TPSA) is 55.6 Å². The van der Waals surface area contributed by atoms with Gasteiger partial charge in [0.15, 0.2) is 0 Å². The number of rotatable bonds is 4. The zero-order valence-corrected chi connectivity index (χ0v) is 12.5. The van der Waals surface area contributed by atoms with E-state index in [4.69, 9.17) is 10.5 Å².